The molecule has 0 saturated carbocycles. The average molecular weight is 234 g/mol. The fourth-order valence-corrected chi connectivity index (χ4v) is 2.17. The van der Waals surface area contributed by atoms with Crippen LogP contribution >= 0.6 is 0 Å². The zero-order valence-corrected chi connectivity index (χ0v) is 9.51. The second kappa shape index (κ2) is 3.43. The average Bonchev–Trinajstić information content (AvgIpc) is 3.04. The molecule has 4 heteroatoms. The first-order valence-corrected chi connectivity index (χ1v) is 5.78. The van der Waals surface area contributed by atoms with E-state index in [9.17, 15) is 0 Å². The molecule has 0 radical (unpaired) electrons. The standard InChI is InChI=1S/C14H10N4/c1-2-4-10-9(3-1)7-12(17-10)13-8-16-14-11(18-13)5-6-15-14/h1-8,17H,(H,15,16). The Balaban J connectivity index is 1.94. The topological polar surface area (TPSA) is 57.4 Å². The molecule has 0 unspecified atom stereocenters. The zero-order valence-electron chi connectivity index (χ0n) is 9.51. The van der Waals surface area contributed by atoms with Crippen molar-refractivity contribution in [2.24, 2.45) is 0 Å². The first kappa shape index (κ1) is 9.41. The van der Waals surface area contributed by atoms with Gasteiger partial charge in [0.1, 0.15) is 11.2 Å². The summed E-state index contributed by atoms with van der Waals surface area (Å²) in [7, 11) is 0. The fourth-order valence-electron chi connectivity index (χ4n) is 2.17. The summed E-state index contributed by atoms with van der Waals surface area (Å²) < 4.78 is 0. The SMILES string of the molecule is c1ccc2[nH]c(-c3cnc4[nH]ccc4n3)cc2c1. The third kappa shape index (κ3) is 1.32. The minimum Gasteiger partial charge on any atom is -0.353 e. The highest BCUT2D eigenvalue weighted by Crippen LogP contribution is 2.23. The Morgan fingerprint density at radius 2 is 2.00 bits per heavy atom. The smallest absolute Gasteiger partial charge is 0.156 e. The van der Waals surface area contributed by atoms with Gasteiger partial charge in [-0.25, -0.2) is 9.97 Å². The molecule has 4 aromatic rings. The molecule has 4 rings (SSSR count). The summed E-state index contributed by atoms with van der Waals surface area (Å²) in [6, 6.07) is 12.2. The summed E-state index contributed by atoms with van der Waals surface area (Å²) in [5.74, 6) is 0. The molecule has 0 spiro atoms. The van der Waals surface area contributed by atoms with Crippen LogP contribution in [0.5, 0.6) is 0 Å². The van der Waals surface area contributed by atoms with Crippen molar-refractivity contribution in [2.75, 3.05) is 0 Å². The first-order chi connectivity index (χ1) is 8.90. The minimum atomic E-state index is 0.815. The van der Waals surface area contributed by atoms with Gasteiger partial charge in [0.2, 0.25) is 0 Å². The Morgan fingerprint density at radius 3 is 2.94 bits per heavy atom. The Bertz CT molecular complexity index is 808. The van der Waals surface area contributed by atoms with Crippen LogP contribution in [0.3, 0.4) is 0 Å². The van der Waals surface area contributed by atoms with Crippen LogP contribution in [0, 0.1) is 0 Å². The highest BCUT2D eigenvalue weighted by molar-refractivity contribution is 5.85. The van der Waals surface area contributed by atoms with Crippen molar-refractivity contribution in [3.63, 3.8) is 0 Å². The van der Waals surface area contributed by atoms with Gasteiger partial charge in [-0.3, -0.25) is 0 Å². The van der Waals surface area contributed by atoms with Crippen LogP contribution in [0.4, 0.5) is 0 Å². The van der Waals surface area contributed by atoms with Gasteiger partial charge in [0.15, 0.2) is 5.65 Å². The lowest BCUT2D eigenvalue weighted by Gasteiger charge is -1.96. The lowest BCUT2D eigenvalue weighted by atomic mass is 10.2. The predicted molar refractivity (Wildman–Crippen MR) is 71.2 cm³/mol. The summed E-state index contributed by atoms with van der Waals surface area (Å²) in [5, 5.41) is 1.18. The molecule has 3 heterocycles. The summed E-state index contributed by atoms with van der Waals surface area (Å²) in [6.45, 7) is 0. The Hall–Kier alpha value is -2.62. The fraction of sp³-hybridized carbons (Fsp3) is 0. The number of fused-ring (bicyclic) bond motifs is 2. The van der Waals surface area contributed by atoms with Crippen molar-refractivity contribution in [3.8, 4) is 11.4 Å². The number of aromatic amines is 2. The van der Waals surface area contributed by atoms with Crippen LogP contribution in [-0.2, 0) is 0 Å². The molecule has 0 bridgehead atoms. The molecule has 3 aromatic heterocycles. The van der Waals surface area contributed by atoms with Crippen LogP contribution in [0.25, 0.3) is 33.5 Å². The summed E-state index contributed by atoms with van der Waals surface area (Å²) in [6.07, 6.45) is 3.63. The van der Waals surface area contributed by atoms with E-state index in [4.69, 9.17) is 0 Å². The quantitative estimate of drug-likeness (QED) is 0.531. The summed E-state index contributed by atoms with van der Waals surface area (Å²) in [4.78, 5) is 15.3. The van der Waals surface area contributed by atoms with Crippen LogP contribution in [0.2, 0.25) is 0 Å². The van der Waals surface area contributed by atoms with Crippen LogP contribution in [0.1, 0.15) is 0 Å². The van der Waals surface area contributed by atoms with Crippen molar-refractivity contribution in [1.29, 1.82) is 0 Å². The number of hydrogen-bond donors (Lipinski definition) is 2. The van der Waals surface area contributed by atoms with Gasteiger partial charge in [0.05, 0.1) is 11.9 Å². The minimum absolute atomic E-state index is 0.815. The second-order valence-electron chi connectivity index (χ2n) is 4.24. The summed E-state index contributed by atoms with van der Waals surface area (Å²) in [5.41, 5.74) is 4.66. The van der Waals surface area contributed by atoms with Gasteiger partial charge in [-0.2, -0.15) is 0 Å². The van der Waals surface area contributed by atoms with E-state index < -0.39 is 0 Å². The van der Waals surface area contributed by atoms with Crippen molar-refractivity contribution < 1.29 is 0 Å². The lowest BCUT2D eigenvalue weighted by Crippen LogP contribution is -1.86. The van der Waals surface area contributed by atoms with Crippen LogP contribution in [0.15, 0.2) is 48.8 Å². The monoisotopic (exact) mass is 234 g/mol. The largest absolute Gasteiger partial charge is 0.353 e. The zero-order chi connectivity index (χ0) is 11.9. The third-order valence-corrected chi connectivity index (χ3v) is 3.07. The molecule has 86 valence electrons. The van der Waals surface area contributed by atoms with E-state index in [1.54, 1.807) is 6.20 Å². The van der Waals surface area contributed by atoms with E-state index in [0.29, 0.717) is 0 Å². The van der Waals surface area contributed by atoms with E-state index in [-0.39, 0.29) is 0 Å². The Labute approximate surface area is 103 Å². The molecule has 0 aliphatic rings. The molecule has 0 saturated heterocycles. The van der Waals surface area contributed by atoms with Crippen molar-refractivity contribution >= 4 is 22.1 Å². The van der Waals surface area contributed by atoms with Gasteiger partial charge in [0.25, 0.3) is 0 Å². The van der Waals surface area contributed by atoms with E-state index in [1.807, 2.05) is 24.4 Å². The van der Waals surface area contributed by atoms with Gasteiger partial charge in [-0.15, -0.1) is 0 Å². The highest BCUT2D eigenvalue weighted by atomic mass is 14.9. The molecule has 0 amide bonds. The molecule has 0 fully saturated rings. The molecule has 0 aliphatic carbocycles. The van der Waals surface area contributed by atoms with Crippen molar-refractivity contribution in [2.45, 2.75) is 0 Å². The number of rotatable bonds is 1. The lowest BCUT2D eigenvalue weighted by molar-refractivity contribution is 1.25. The van der Waals surface area contributed by atoms with E-state index in [1.165, 1.54) is 5.39 Å². The predicted octanol–water partition coefficient (Wildman–Crippen LogP) is 3.11. The maximum absolute atomic E-state index is 4.58. The van der Waals surface area contributed by atoms with E-state index in [0.717, 1.165) is 28.1 Å². The number of nitrogens with zero attached hydrogens (tertiary/aromatic N) is 2. The van der Waals surface area contributed by atoms with Gasteiger partial charge >= 0.3 is 0 Å². The van der Waals surface area contributed by atoms with Crippen molar-refractivity contribution in [3.05, 3.63) is 48.8 Å². The molecule has 0 aliphatic heterocycles. The molecular formula is C14H10N4. The summed E-state index contributed by atoms with van der Waals surface area (Å²) >= 11 is 0. The number of aromatic nitrogens is 4. The highest BCUT2D eigenvalue weighted by Gasteiger charge is 2.06. The Morgan fingerprint density at radius 1 is 1.06 bits per heavy atom. The molecule has 1 aromatic carbocycles. The van der Waals surface area contributed by atoms with Gasteiger partial charge in [-0.1, -0.05) is 18.2 Å². The normalized spacial score (nSPS) is 11.3. The Kier molecular flexibility index (Phi) is 1.80. The number of para-hydroxylation sites is 1. The number of hydrogen-bond acceptors (Lipinski definition) is 2. The first-order valence-electron chi connectivity index (χ1n) is 5.78. The second-order valence-corrected chi connectivity index (χ2v) is 4.24. The maximum atomic E-state index is 4.58. The number of nitrogens with one attached hydrogen (secondary N) is 2. The maximum Gasteiger partial charge on any atom is 0.156 e. The van der Waals surface area contributed by atoms with Gasteiger partial charge in [-0.05, 0) is 18.2 Å². The number of H-pyrrole nitrogens is 2. The van der Waals surface area contributed by atoms with Crippen molar-refractivity contribution in [1.82, 2.24) is 19.9 Å². The van der Waals surface area contributed by atoms with E-state index >= 15 is 0 Å². The van der Waals surface area contributed by atoms with Crippen LogP contribution in [-0.4, -0.2) is 19.9 Å². The molecular weight excluding hydrogens is 224 g/mol. The van der Waals surface area contributed by atoms with Crippen LogP contribution < -0.4 is 0 Å². The molecule has 0 atom stereocenters. The van der Waals surface area contributed by atoms with Gasteiger partial charge in [0, 0.05) is 17.1 Å². The molecule has 18 heavy (non-hydrogen) atoms. The molecule has 4 nitrogen and oxygen atoms in total. The third-order valence-electron chi connectivity index (χ3n) is 3.07. The number of benzene rings is 1. The van der Waals surface area contributed by atoms with Gasteiger partial charge < -0.3 is 9.97 Å². The van der Waals surface area contributed by atoms with E-state index in [2.05, 4.69) is 38.1 Å². The molecule has 2 N–H and O–H groups in total.